The van der Waals surface area contributed by atoms with Crippen molar-refractivity contribution >= 4 is 29.2 Å². The monoisotopic (exact) mass is 372 g/mol. The molecule has 0 aliphatic carbocycles. The van der Waals surface area contributed by atoms with Crippen LogP contribution in [0.5, 0.6) is 5.75 Å². The van der Waals surface area contributed by atoms with Gasteiger partial charge >= 0.3 is 0 Å². The van der Waals surface area contributed by atoms with E-state index in [0.29, 0.717) is 11.3 Å². The van der Waals surface area contributed by atoms with Gasteiger partial charge in [-0.1, -0.05) is 54.6 Å². The Morgan fingerprint density at radius 3 is 2.18 bits per heavy atom. The summed E-state index contributed by atoms with van der Waals surface area (Å²) >= 11 is 0. The van der Waals surface area contributed by atoms with Crippen molar-refractivity contribution in [1.29, 1.82) is 0 Å². The molecule has 0 aliphatic rings. The lowest BCUT2D eigenvalue weighted by atomic mass is 10.0. The van der Waals surface area contributed by atoms with E-state index in [-0.39, 0.29) is 11.5 Å². The number of anilines is 1. The Labute approximate surface area is 163 Å². The topological polar surface area (TPSA) is 81.4 Å². The van der Waals surface area contributed by atoms with Crippen molar-refractivity contribution < 1.29 is 14.3 Å². The number of para-hydroxylation sites is 1. The van der Waals surface area contributed by atoms with Crippen LogP contribution in [0.25, 0.3) is 11.6 Å². The van der Waals surface area contributed by atoms with E-state index in [4.69, 9.17) is 10.5 Å². The van der Waals surface area contributed by atoms with Crippen molar-refractivity contribution in [2.24, 2.45) is 5.73 Å². The minimum Gasteiger partial charge on any atom is -0.497 e. The van der Waals surface area contributed by atoms with Gasteiger partial charge in [0.25, 0.3) is 11.8 Å². The van der Waals surface area contributed by atoms with Crippen LogP contribution in [0.3, 0.4) is 0 Å². The van der Waals surface area contributed by atoms with Gasteiger partial charge in [0.1, 0.15) is 5.75 Å². The number of primary amides is 1. The molecule has 0 heterocycles. The number of rotatable bonds is 6. The first-order valence-electron chi connectivity index (χ1n) is 8.70. The summed E-state index contributed by atoms with van der Waals surface area (Å²) in [6.45, 7) is 0. The molecule has 0 aromatic heterocycles. The molecule has 0 radical (unpaired) electrons. The molecule has 0 saturated carbocycles. The van der Waals surface area contributed by atoms with Gasteiger partial charge in [-0.2, -0.15) is 0 Å². The molecule has 28 heavy (non-hydrogen) atoms. The summed E-state index contributed by atoms with van der Waals surface area (Å²) in [5.41, 5.74) is 8.11. The lowest BCUT2D eigenvalue weighted by molar-refractivity contribution is -0.111. The van der Waals surface area contributed by atoms with Crippen LogP contribution < -0.4 is 15.8 Å². The smallest absolute Gasteiger partial charge is 0.256 e. The zero-order valence-electron chi connectivity index (χ0n) is 15.4. The molecule has 3 aromatic rings. The van der Waals surface area contributed by atoms with Gasteiger partial charge in [-0.3, -0.25) is 9.59 Å². The Bertz CT molecular complexity index is 1010. The van der Waals surface area contributed by atoms with E-state index in [0.717, 1.165) is 16.9 Å². The van der Waals surface area contributed by atoms with Crippen LogP contribution in [0.15, 0.2) is 78.9 Å². The van der Waals surface area contributed by atoms with Gasteiger partial charge in [0.05, 0.1) is 18.4 Å². The molecule has 3 aromatic carbocycles. The minimum atomic E-state index is -0.601. The highest BCUT2D eigenvalue weighted by molar-refractivity contribution is 6.29. The number of methoxy groups -OCH3 is 1. The van der Waals surface area contributed by atoms with Crippen LogP contribution in [0.4, 0.5) is 5.69 Å². The Kier molecular flexibility index (Phi) is 5.87. The zero-order valence-corrected chi connectivity index (χ0v) is 15.4. The fourth-order valence-corrected chi connectivity index (χ4v) is 2.76. The maximum atomic E-state index is 13.1. The van der Waals surface area contributed by atoms with E-state index in [2.05, 4.69) is 5.32 Å². The number of hydrogen-bond acceptors (Lipinski definition) is 3. The average Bonchev–Trinajstić information content (AvgIpc) is 2.73. The second-order valence-electron chi connectivity index (χ2n) is 6.06. The van der Waals surface area contributed by atoms with E-state index in [1.165, 1.54) is 0 Å². The number of hydrogen-bond donors (Lipinski definition) is 2. The number of carbonyl (C=O) groups is 2. The van der Waals surface area contributed by atoms with Crippen LogP contribution in [-0.4, -0.2) is 18.9 Å². The third-order valence-electron chi connectivity index (χ3n) is 4.20. The van der Waals surface area contributed by atoms with Gasteiger partial charge in [-0.15, -0.1) is 0 Å². The third-order valence-corrected chi connectivity index (χ3v) is 4.20. The molecule has 0 unspecified atom stereocenters. The lowest BCUT2D eigenvalue weighted by Crippen LogP contribution is -2.19. The zero-order chi connectivity index (χ0) is 19.9. The molecule has 0 fully saturated rings. The molecule has 5 nitrogen and oxygen atoms in total. The fourth-order valence-electron chi connectivity index (χ4n) is 2.76. The predicted molar refractivity (Wildman–Crippen MR) is 111 cm³/mol. The molecule has 0 saturated heterocycles. The molecule has 3 N–H and O–H groups in total. The summed E-state index contributed by atoms with van der Waals surface area (Å²) in [6.07, 6.45) is 1.79. The summed E-state index contributed by atoms with van der Waals surface area (Å²) in [5, 5.41) is 2.80. The van der Waals surface area contributed by atoms with Gasteiger partial charge in [-0.05, 0) is 41.5 Å². The van der Waals surface area contributed by atoms with Gasteiger partial charge < -0.3 is 15.8 Å². The number of amides is 2. The summed E-state index contributed by atoms with van der Waals surface area (Å²) in [4.78, 5) is 24.7. The SMILES string of the molecule is COc1ccc(/C=C(/C(=O)Nc2ccccc2C(N)=O)c2ccccc2)cc1. The maximum absolute atomic E-state index is 13.1. The van der Waals surface area contributed by atoms with E-state index in [1.807, 2.05) is 54.6 Å². The number of ether oxygens (including phenoxy) is 1. The van der Waals surface area contributed by atoms with E-state index < -0.39 is 5.91 Å². The highest BCUT2D eigenvalue weighted by Crippen LogP contribution is 2.23. The molecule has 0 aliphatic heterocycles. The Morgan fingerprint density at radius 1 is 0.893 bits per heavy atom. The van der Waals surface area contributed by atoms with E-state index >= 15 is 0 Å². The molecular weight excluding hydrogens is 352 g/mol. The first-order chi connectivity index (χ1) is 13.6. The summed E-state index contributed by atoms with van der Waals surface area (Å²) in [5.74, 6) is -0.203. The standard InChI is InChI=1S/C23H20N2O3/c1-28-18-13-11-16(12-14-18)15-20(17-7-3-2-4-8-17)23(27)25-21-10-6-5-9-19(21)22(24)26/h2-15H,1H3,(H2,24,26)(H,25,27)/b20-15+. The van der Waals surface area contributed by atoms with E-state index in [9.17, 15) is 9.59 Å². The minimum absolute atomic E-state index is 0.257. The van der Waals surface area contributed by atoms with Crippen LogP contribution in [0.2, 0.25) is 0 Å². The van der Waals surface area contributed by atoms with Crippen LogP contribution >= 0.6 is 0 Å². The summed E-state index contributed by atoms with van der Waals surface area (Å²) in [6, 6.07) is 23.4. The largest absolute Gasteiger partial charge is 0.497 e. The quantitative estimate of drug-likeness (QED) is 0.507. The summed E-state index contributed by atoms with van der Waals surface area (Å²) < 4.78 is 5.18. The van der Waals surface area contributed by atoms with Gasteiger partial charge in [0, 0.05) is 5.57 Å². The summed E-state index contributed by atoms with van der Waals surface area (Å²) in [7, 11) is 1.60. The predicted octanol–water partition coefficient (Wildman–Crippen LogP) is 3.97. The van der Waals surface area contributed by atoms with Crippen LogP contribution in [0.1, 0.15) is 21.5 Å². The van der Waals surface area contributed by atoms with Crippen LogP contribution in [0, 0.1) is 0 Å². The number of nitrogens with two attached hydrogens (primary N) is 1. The Morgan fingerprint density at radius 2 is 1.54 bits per heavy atom. The van der Waals surface area contributed by atoms with Crippen molar-refractivity contribution in [3.05, 3.63) is 95.6 Å². The Balaban J connectivity index is 1.98. The van der Waals surface area contributed by atoms with Gasteiger partial charge in [0.15, 0.2) is 0 Å². The molecule has 0 atom stereocenters. The van der Waals surface area contributed by atoms with Gasteiger partial charge in [-0.25, -0.2) is 0 Å². The second kappa shape index (κ2) is 8.68. The van der Waals surface area contributed by atoms with Crippen molar-refractivity contribution in [1.82, 2.24) is 0 Å². The normalized spacial score (nSPS) is 11.0. The maximum Gasteiger partial charge on any atom is 0.256 e. The number of benzene rings is 3. The number of carbonyl (C=O) groups excluding carboxylic acids is 2. The molecular formula is C23H20N2O3. The number of nitrogens with one attached hydrogen (secondary N) is 1. The Hall–Kier alpha value is -3.86. The molecule has 140 valence electrons. The third kappa shape index (κ3) is 4.45. The molecule has 0 spiro atoms. The molecule has 3 rings (SSSR count). The first-order valence-corrected chi connectivity index (χ1v) is 8.70. The highest BCUT2D eigenvalue weighted by Gasteiger charge is 2.15. The molecule has 0 bridgehead atoms. The highest BCUT2D eigenvalue weighted by atomic mass is 16.5. The molecule has 5 heteroatoms. The molecule has 2 amide bonds. The van der Waals surface area contributed by atoms with Crippen molar-refractivity contribution in [2.75, 3.05) is 12.4 Å². The van der Waals surface area contributed by atoms with Crippen molar-refractivity contribution in [3.63, 3.8) is 0 Å². The van der Waals surface area contributed by atoms with Gasteiger partial charge in [0.2, 0.25) is 0 Å². The van der Waals surface area contributed by atoms with Crippen LogP contribution in [-0.2, 0) is 4.79 Å². The van der Waals surface area contributed by atoms with Crippen molar-refractivity contribution in [3.8, 4) is 5.75 Å². The first kappa shape index (κ1) is 18.9. The van der Waals surface area contributed by atoms with E-state index in [1.54, 1.807) is 37.5 Å². The second-order valence-corrected chi connectivity index (χ2v) is 6.06. The lowest BCUT2D eigenvalue weighted by Gasteiger charge is -2.12. The fraction of sp³-hybridized carbons (Fsp3) is 0.0435. The average molecular weight is 372 g/mol. The van der Waals surface area contributed by atoms with Crippen molar-refractivity contribution in [2.45, 2.75) is 0 Å².